The normalized spacial score (nSPS) is 13.2. The maximum absolute atomic E-state index is 12.7. The third-order valence-electron chi connectivity index (χ3n) is 4.65. The highest BCUT2D eigenvalue weighted by atomic mass is 16.2. The zero-order valence-corrected chi connectivity index (χ0v) is 15.5. The number of H-pyrrole nitrogens is 1. The van der Waals surface area contributed by atoms with Gasteiger partial charge in [-0.25, -0.2) is 4.98 Å². The fraction of sp³-hybridized carbons (Fsp3) is 0.238. The van der Waals surface area contributed by atoms with Gasteiger partial charge in [-0.3, -0.25) is 14.7 Å². The molecule has 7 nitrogen and oxygen atoms in total. The molecule has 1 fully saturated rings. The Morgan fingerprint density at radius 2 is 1.82 bits per heavy atom. The largest absolute Gasteiger partial charge is 0.326 e. The number of para-hydroxylation sites is 1. The van der Waals surface area contributed by atoms with E-state index in [0.717, 1.165) is 30.7 Å². The van der Waals surface area contributed by atoms with Crippen molar-refractivity contribution < 1.29 is 9.59 Å². The highest BCUT2D eigenvalue weighted by molar-refractivity contribution is 6.06. The highest BCUT2D eigenvalue weighted by Gasteiger charge is 2.29. The number of anilines is 2. The van der Waals surface area contributed by atoms with Crippen molar-refractivity contribution in [3.63, 3.8) is 0 Å². The number of aromatic amines is 1. The van der Waals surface area contributed by atoms with Crippen molar-refractivity contribution in [3.05, 3.63) is 59.9 Å². The number of benzene rings is 2. The van der Waals surface area contributed by atoms with Crippen LogP contribution in [0.3, 0.4) is 0 Å². The summed E-state index contributed by atoms with van der Waals surface area (Å²) in [6, 6.07) is 14.3. The van der Waals surface area contributed by atoms with Gasteiger partial charge in [0.15, 0.2) is 5.82 Å². The second-order valence-electron chi connectivity index (χ2n) is 6.80. The van der Waals surface area contributed by atoms with Gasteiger partial charge in [0.2, 0.25) is 5.91 Å². The number of nitrogens with one attached hydrogen (secondary N) is 3. The fourth-order valence-electron chi connectivity index (χ4n) is 2.85. The minimum Gasteiger partial charge on any atom is -0.326 e. The maximum atomic E-state index is 12.7. The van der Waals surface area contributed by atoms with Crippen LogP contribution in [0.4, 0.5) is 11.4 Å². The molecule has 0 aliphatic heterocycles. The number of hydrogen-bond acceptors (Lipinski definition) is 4. The van der Waals surface area contributed by atoms with Crippen LogP contribution in [0.25, 0.3) is 11.4 Å². The third kappa shape index (κ3) is 3.93. The van der Waals surface area contributed by atoms with Gasteiger partial charge in [-0.15, -0.1) is 0 Å². The van der Waals surface area contributed by atoms with Gasteiger partial charge in [0, 0.05) is 29.2 Å². The van der Waals surface area contributed by atoms with Gasteiger partial charge in [-0.05, 0) is 49.2 Å². The lowest BCUT2D eigenvalue weighted by Crippen LogP contribution is -2.15. The minimum absolute atomic E-state index is 0.0454. The van der Waals surface area contributed by atoms with Gasteiger partial charge in [0.1, 0.15) is 5.82 Å². The Labute approximate surface area is 162 Å². The molecule has 1 aliphatic carbocycles. The molecule has 0 bridgehead atoms. The number of amides is 2. The predicted molar refractivity (Wildman–Crippen MR) is 107 cm³/mol. The molecule has 0 atom stereocenters. The number of hydrogen-bond donors (Lipinski definition) is 3. The van der Waals surface area contributed by atoms with E-state index in [4.69, 9.17) is 0 Å². The topological polar surface area (TPSA) is 99.8 Å². The van der Waals surface area contributed by atoms with Crippen LogP contribution in [0.5, 0.6) is 0 Å². The lowest BCUT2D eigenvalue weighted by Gasteiger charge is -2.10. The molecule has 0 radical (unpaired) electrons. The van der Waals surface area contributed by atoms with Crippen LogP contribution in [-0.4, -0.2) is 27.0 Å². The summed E-state index contributed by atoms with van der Waals surface area (Å²) in [5.41, 5.74) is 2.59. The highest BCUT2D eigenvalue weighted by Crippen LogP contribution is 2.30. The summed E-state index contributed by atoms with van der Waals surface area (Å²) in [6.07, 6.45) is 2.66. The van der Waals surface area contributed by atoms with E-state index in [0.29, 0.717) is 22.8 Å². The van der Waals surface area contributed by atoms with Crippen molar-refractivity contribution in [2.75, 3.05) is 10.6 Å². The average Bonchev–Trinajstić information content (AvgIpc) is 3.47. The first-order chi connectivity index (χ1) is 13.6. The van der Waals surface area contributed by atoms with E-state index in [1.165, 1.54) is 0 Å². The summed E-state index contributed by atoms with van der Waals surface area (Å²) in [7, 11) is 0. The molecule has 1 saturated carbocycles. The summed E-state index contributed by atoms with van der Waals surface area (Å²) in [4.78, 5) is 28.9. The van der Waals surface area contributed by atoms with Gasteiger partial charge >= 0.3 is 0 Å². The van der Waals surface area contributed by atoms with Crippen molar-refractivity contribution in [2.24, 2.45) is 5.92 Å². The number of aromatic nitrogens is 3. The van der Waals surface area contributed by atoms with Crippen LogP contribution >= 0.6 is 0 Å². The standard InChI is InChI=1S/C21H21N5O2/c1-2-18-24-19(26-25-18)16-5-3-4-6-17(16)23-21(28)14-9-11-15(12-10-14)22-20(27)13-7-8-13/h3-6,9-13H,2,7-8H2,1H3,(H,22,27)(H,23,28)(H,24,25,26). The van der Waals surface area contributed by atoms with Crippen LogP contribution in [0.15, 0.2) is 48.5 Å². The molecular weight excluding hydrogens is 354 g/mol. The molecule has 7 heteroatoms. The Morgan fingerprint density at radius 3 is 2.50 bits per heavy atom. The van der Waals surface area contributed by atoms with E-state index in [1.807, 2.05) is 31.2 Å². The summed E-state index contributed by atoms with van der Waals surface area (Å²) in [5, 5.41) is 12.9. The molecule has 142 valence electrons. The minimum atomic E-state index is -0.237. The van der Waals surface area contributed by atoms with Crippen LogP contribution in [0.2, 0.25) is 0 Å². The van der Waals surface area contributed by atoms with Gasteiger partial charge in [-0.2, -0.15) is 5.10 Å². The number of aryl methyl sites for hydroxylation is 1. The van der Waals surface area contributed by atoms with Crippen LogP contribution in [0, 0.1) is 5.92 Å². The van der Waals surface area contributed by atoms with Crippen LogP contribution in [0.1, 0.15) is 35.9 Å². The van der Waals surface area contributed by atoms with E-state index in [2.05, 4.69) is 25.8 Å². The molecule has 0 spiro atoms. The fourth-order valence-corrected chi connectivity index (χ4v) is 2.85. The second-order valence-corrected chi connectivity index (χ2v) is 6.80. The monoisotopic (exact) mass is 375 g/mol. The van der Waals surface area contributed by atoms with E-state index in [9.17, 15) is 9.59 Å². The van der Waals surface area contributed by atoms with E-state index in [1.54, 1.807) is 24.3 Å². The number of nitrogens with zero attached hydrogens (tertiary/aromatic N) is 2. The molecule has 1 aromatic heterocycles. The first-order valence-corrected chi connectivity index (χ1v) is 9.37. The second kappa shape index (κ2) is 7.64. The Morgan fingerprint density at radius 1 is 1.07 bits per heavy atom. The summed E-state index contributed by atoms with van der Waals surface area (Å²) >= 11 is 0. The van der Waals surface area contributed by atoms with Gasteiger partial charge in [0.25, 0.3) is 5.91 Å². The quantitative estimate of drug-likeness (QED) is 0.612. The molecule has 4 rings (SSSR count). The van der Waals surface area contributed by atoms with E-state index in [-0.39, 0.29) is 17.7 Å². The van der Waals surface area contributed by atoms with E-state index < -0.39 is 0 Å². The lowest BCUT2D eigenvalue weighted by atomic mass is 10.1. The summed E-state index contributed by atoms with van der Waals surface area (Å²) < 4.78 is 0. The Hall–Kier alpha value is -3.48. The predicted octanol–water partition coefficient (Wildman–Crippen LogP) is 3.63. The molecule has 2 aromatic carbocycles. The molecule has 28 heavy (non-hydrogen) atoms. The van der Waals surface area contributed by atoms with Crippen molar-refractivity contribution in [3.8, 4) is 11.4 Å². The van der Waals surface area contributed by atoms with Gasteiger partial charge in [-0.1, -0.05) is 19.1 Å². The zero-order valence-electron chi connectivity index (χ0n) is 15.5. The summed E-state index contributed by atoms with van der Waals surface area (Å²) in [5.74, 6) is 1.29. The van der Waals surface area contributed by atoms with Crippen LogP contribution < -0.4 is 10.6 Å². The van der Waals surface area contributed by atoms with Crippen molar-refractivity contribution in [1.82, 2.24) is 15.2 Å². The first-order valence-electron chi connectivity index (χ1n) is 9.37. The van der Waals surface area contributed by atoms with Crippen molar-refractivity contribution in [1.29, 1.82) is 0 Å². The van der Waals surface area contributed by atoms with Crippen molar-refractivity contribution >= 4 is 23.2 Å². The average molecular weight is 375 g/mol. The lowest BCUT2D eigenvalue weighted by molar-refractivity contribution is -0.117. The van der Waals surface area contributed by atoms with Gasteiger partial charge in [0.05, 0.1) is 5.69 Å². The number of carbonyl (C=O) groups excluding carboxylic acids is 2. The molecule has 2 amide bonds. The molecule has 0 unspecified atom stereocenters. The Balaban J connectivity index is 1.48. The van der Waals surface area contributed by atoms with Crippen molar-refractivity contribution in [2.45, 2.75) is 26.2 Å². The SMILES string of the molecule is CCc1nc(-c2ccccc2NC(=O)c2ccc(NC(=O)C3CC3)cc2)n[nH]1. The number of carbonyl (C=O) groups is 2. The molecule has 1 heterocycles. The smallest absolute Gasteiger partial charge is 0.255 e. The number of rotatable bonds is 6. The van der Waals surface area contributed by atoms with E-state index >= 15 is 0 Å². The Bertz CT molecular complexity index is 1010. The molecule has 0 saturated heterocycles. The first kappa shape index (κ1) is 17.9. The molecule has 3 aromatic rings. The zero-order chi connectivity index (χ0) is 19.5. The Kier molecular flexibility index (Phi) is 4.89. The third-order valence-corrected chi connectivity index (χ3v) is 4.65. The molecule has 3 N–H and O–H groups in total. The maximum Gasteiger partial charge on any atom is 0.255 e. The molecular formula is C21H21N5O2. The molecule has 1 aliphatic rings. The van der Waals surface area contributed by atoms with Gasteiger partial charge < -0.3 is 10.6 Å². The van der Waals surface area contributed by atoms with Crippen LogP contribution in [-0.2, 0) is 11.2 Å². The summed E-state index contributed by atoms with van der Waals surface area (Å²) in [6.45, 7) is 1.99.